The third-order valence-electron chi connectivity index (χ3n) is 3.97. The smallest absolute Gasteiger partial charge is 0.292 e. The van der Waals surface area contributed by atoms with E-state index in [9.17, 15) is 9.18 Å². The molecule has 0 atom stereocenters. The normalized spacial score (nSPS) is 10.9. The van der Waals surface area contributed by atoms with E-state index in [-0.39, 0.29) is 11.6 Å². The number of carbonyl (C=O) groups is 1. The molecular formula is C19H15BrFN5O2. The van der Waals surface area contributed by atoms with Gasteiger partial charge in [0.05, 0.1) is 17.6 Å². The number of halogens is 2. The Bertz CT molecular complexity index is 1090. The molecule has 7 nitrogen and oxygen atoms in total. The highest BCUT2D eigenvalue weighted by atomic mass is 79.9. The van der Waals surface area contributed by atoms with Crippen LogP contribution in [0.3, 0.4) is 0 Å². The number of furan rings is 1. The monoisotopic (exact) mass is 443 g/mol. The number of nitrogens with one attached hydrogen (secondary N) is 1. The van der Waals surface area contributed by atoms with E-state index in [1.54, 1.807) is 46.0 Å². The van der Waals surface area contributed by atoms with Crippen LogP contribution in [0.25, 0.3) is 0 Å². The molecule has 3 aromatic heterocycles. The molecular weight excluding hydrogens is 429 g/mol. The van der Waals surface area contributed by atoms with Crippen LogP contribution in [0.15, 0.2) is 69.9 Å². The minimum atomic E-state index is -0.403. The highest BCUT2D eigenvalue weighted by Crippen LogP contribution is 2.22. The minimum Gasteiger partial charge on any atom is -0.454 e. The summed E-state index contributed by atoms with van der Waals surface area (Å²) in [6.45, 7) is 0.889. The van der Waals surface area contributed by atoms with Crippen molar-refractivity contribution in [2.24, 2.45) is 0 Å². The third kappa shape index (κ3) is 4.20. The maximum absolute atomic E-state index is 13.0. The van der Waals surface area contributed by atoms with Crippen LogP contribution in [0, 0.1) is 5.82 Å². The van der Waals surface area contributed by atoms with Gasteiger partial charge in [0.2, 0.25) is 0 Å². The second kappa shape index (κ2) is 7.81. The lowest BCUT2D eigenvalue weighted by Gasteiger charge is -2.02. The van der Waals surface area contributed by atoms with Crippen LogP contribution < -0.4 is 5.32 Å². The number of benzene rings is 1. The minimum absolute atomic E-state index is 0.183. The molecule has 0 saturated carbocycles. The van der Waals surface area contributed by atoms with Crippen molar-refractivity contribution in [2.75, 3.05) is 5.32 Å². The van der Waals surface area contributed by atoms with Crippen molar-refractivity contribution in [3.8, 4) is 0 Å². The Morgan fingerprint density at radius 2 is 1.96 bits per heavy atom. The highest BCUT2D eigenvalue weighted by molar-refractivity contribution is 9.10. The molecule has 0 saturated heterocycles. The standard InChI is InChI=1S/C19H15BrFN5O2/c20-16-12-26(10-13-2-4-14(21)5-3-13)24-18(16)23-19(27)17-7-6-15(28-17)11-25-9-1-8-22-25/h1-9,12H,10-11H2,(H,23,24,27). The Balaban J connectivity index is 1.42. The van der Waals surface area contributed by atoms with Crippen LogP contribution in [-0.2, 0) is 13.1 Å². The molecule has 1 amide bonds. The van der Waals surface area contributed by atoms with Gasteiger partial charge in [-0.1, -0.05) is 12.1 Å². The Morgan fingerprint density at radius 1 is 1.14 bits per heavy atom. The average molecular weight is 444 g/mol. The van der Waals surface area contributed by atoms with Crippen molar-refractivity contribution in [1.82, 2.24) is 19.6 Å². The molecule has 0 aliphatic heterocycles. The molecule has 3 heterocycles. The number of anilines is 1. The fourth-order valence-electron chi connectivity index (χ4n) is 2.65. The second-order valence-corrected chi connectivity index (χ2v) is 6.93. The largest absolute Gasteiger partial charge is 0.454 e. The van der Waals surface area contributed by atoms with Gasteiger partial charge in [-0.05, 0) is 51.8 Å². The molecule has 0 unspecified atom stereocenters. The molecule has 0 aliphatic carbocycles. The first kappa shape index (κ1) is 18.2. The Kier molecular flexibility index (Phi) is 5.07. The predicted molar refractivity (Wildman–Crippen MR) is 103 cm³/mol. The number of aromatic nitrogens is 4. The molecule has 4 rings (SSSR count). The molecule has 0 aliphatic rings. The summed E-state index contributed by atoms with van der Waals surface area (Å²) in [5.74, 6) is 0.484. The third-order valence-corrected chi connectivity index (χ3v) is 4.55. The zero-order valence-corrected chi connectivity index (χ0v) is 16.1. The summed E-state index contributed by atoms with van der Waals surface area (Å²) < 4.78 is 22.6. The molecule has 0 radical (unpaired) electrons. The molecule has 0 bridgehead atoms. The number of nitrogens with zero attached hydrogens (tertiary/aromatic N) is 4. The van der Waals surface area contributed by atoms with Gasteiger partial charge in [-0.15, -0.1) is 0 Å². The zero-order valence-electron chi connectivity index (χ0n) is 14.5. The van der Waals surface area contributed by atoms with Gasteiger partial charge in [0, 0.05) is 18.6 Å². The molecule has 1 aromatic carbocycles. The molecule has 28 heavy (non-hydrogen) atoms. The summed E-state index contributed by atoms with van der Waals surface area (Å²) in [4.78, 5) is 12.4. The van der Waals surface area contributed by atoms with Gasteiger partial charge in [-0.2, -0.15) is 10.2 Å². The van der Waals surface area contributed by atoms with Gasteiger partial charge < -0.3 is 9.73 Å². The highest BCUT2D eigenvalue weighted by Gasteiger charge is 2.16. The number of amides is 1. The number of hydrogen-bond donors (Lipinski definition) is 1. The predicted octanol–water partition coefficient (Wildman–Crippen LogP) is 3.92. The summed E-state index contributed by atoms with van der Waals surface area (Å²) in [7, 11) is 0. The lowest BCUT2D eigenvalue weighted by molar-refractivity contribution is 0.0994. The van der Waals surface area contributed by atoms with Crippen LogP contribution in [0.4, 0.5) is 10.2 Å². The van der Waals surface area contributed by atoms with Gasteiger partial charge in [-0.25, -0.2) is 4.39 Å². The van der Waals surface area contributed by atoms with Crippen molar-refractivity contribution >= 4 is 27.7 Å². The van der Waals surface area contributed by atoms with Crippen LogP contribution >= 0.6 is 15.9 Å². The van der Waals surface area contributed by atoms with E-state index in [0.717, 1.165) is 5.56 Å². The Morgan fingerprint density at radius 3 is 2.71 bits per heavy atom. The van der Waals surface area contributed by atoms with Gasteiger partial charge in [0.25, 0.3) is 5.91 Å². The van der Waals surface area contributed by atoms with E-state index in [4.69, 9.17) is 4.42 Å². The van der Waals surface area contributed by atoms with E-state index in [1.807, 2.05) is 12.3 Å². The first-order valence-electron chi connectivity index (χ1n) is 8.42. The zero-order chi connectivity index (χ0) is 19.5. The maximum Gasteiger partial charge on any atom is 0.292 e. The Labute approximate surface area is 167 Å². The fourth-order valence-corrected chi connectivity index (χ4v) is 3.06. The maximum atomic E-state index is 13.0. The lowest BCUT2D eigenvalue weighted by Crippen LogP contribution is -2.12. The topological polar surface area (TPSA) is 77.9 Å². The molecule has 9 heteroatoms. The first-order valence-corrected chi connectivity index (χ1v) is 9.21. The summed E-state index contributed by atoms with van der Waals surface area (Å²) in [6.07, 6.45) is 5.23. The molecule has 0 fully saturated rings. The van der Waals surface area contributed by atoms with Crippen molar-refractivity contribution in [2.45, 2.75) is 13.1 Å². The van der Waals surface area contributed by atoms with Crippen molar-refractivity contribution in [3.63, 3.8) is 0 Å². The van der Waals surface area contributed by atoms with Gasteiger partial charge in [-0.3, -0.25) is 14.2 Å². The van der Waals surface area contributed by atoms with Crippen molar-refractivity contribution in [1.29, 1.82) is 0 Å². The van der Waals surface area contributed by atoms with Gasteiger partial charge in [0.1, 0.15) is 11.6 Å². The van der Waals surface area contributed by atoms with Crippen LogP contribution in [0.2, 0.25) is 0 Å². The van der Waals surface area contributed by atoms with E-state index in [1.165, 1.54) is 12.1 Å². The van der Waals surface area contributed by atoms with E-state index >= 15 is 0 Å². The van der Waals surface area contributed by atoms with E-state index in [2.05, 4.69) is 31.4 Å². The first-order chi connectivity index (χ1) is 13.6. The summed E-state index contributed by atoms with van der Waals surface area (Å²) >= 11 is 3.39. The van der Waals surface area contributed by atoms with Gasteiger partial charge >= 0.3 is 0 Å². The van der Waals surface area contributed by atoms with Crippen LogP contribution in [0.1, 0.15) is 21.9 Å². The molecule has 142 valence electrons. The lowest BCUT2D eigenvalue weighted by atomic mass is 10.2. The van der Waals surface area contributed by atoms with E-state index < -0.39 is 5.91 Å². The quantitative estimate of drug-likeness (QED) is 0.489. The van der Waals surface area contributed by atoms with Crippen molar-refractivity contribution < 1.29 is 13.6 Å². The van der Waals surface area contributed by atoms with Crippen molar-refractivity contribution in [3.05, 3.63) is 88.4 Å². The molecule has 0 spiro atoms. The van der Waals surface area contributed by atoms with Gasteiger partial charge in [0.15, 0.2) is 11.6 Å². The average Bonchev–Trinajstić information content (AvgIpc) is 3.41. The summed E-state index contributed by atoms with van der Waals surface area (Å²) in [5.41, 5.74) is 0.892. The van der Waals surface area contributed by atoms with E-state index in [0.29, 0.717) is 29.1 Å². The number of carbonyl (C=O) groups excluding carboxylic acids is 1. The molecule has 1 N–H and O–H groups in total. The van der Waals surface area contributed by atoms with Crippen LogP contribution in [-0.4, -0.2) is 25.5 Å². The second-order valence-electron chi connectivity index (χ2n) is 6.07. The summed E-state index contributed by atoms with van der Waals surface area (Å²) in [6, 6.07) is 11.3. The fraction of sp³-hybridized carbons (Fsp3) is 0.105. The molecule has 4 aromatic rings. The Hall–Kier alpha value is -3.20. The number of hydrogen-bond acceptors (Lipinski definition) is 4. The SMILES string of the molecule is O=C(Nc1nn(Cc2ccc(F)cc2)cc1Br)c1ccc(Cn2cccn2)o1. The summed E-state index contributed by atoms with van der Waals surface area (Å²) in [5, 5.41) is 11.2. The van der Waals surface area contributed by atoms with Crippen LogP contribution in [0.5, 0.6) is 0 Å². The number of rotatable bonds is 6.